The van der Waals surface area contributed by atoms with Crippen molar-refractivity contribution in [3.8, 4) is 17.6 Å². The zero-order valence-electron chi connectivity index (χ0n) is 18.7. The number of carbonyl (C=O) groups is 1. The van der Waals surface area contributed by atoms with Crippen LogP contribution < -0.4 is 14.8 Å². The number of rotatable bonds is 6. The lowest BCUT2D eigenvalue weighted by molar-refractivity contribution is -0.164. The summed E-state index contributed by atoms with van der Waals surface area (Å²) in [5.41, 5.74) is 0.0787. The van der Waals surface area contributed by atoms with Gasteiger partial charge in [0.1, 0.15) is 29.4 Å². The number of amides is 1. The molecule has 0 bridgehead atoms. The molecular weight excluding hydrogens is 414 g/mol. The lowest BCUT2D eigenvalue weighted by atomic mass is 9.49. The maximum absolute atomic E-state index is 12.8. The second-order valence-electron chi connectivity index (χ2n) is 9.35. The zero-order chi connectivity index (χ0) is 23.0. The van der Waals surface area contributed by atoms with Crippen molar-refractivity contribution in [2.24, 2.45) is 10.8 Å². The van der Waals surface area contributed by atoms with Crippen LogP contribution in [0.1, 0.15) is 57.6 Å². The van der Waals surface area contributed by atoms with Crippen molar-refractivity contribution in [3.05, 3.63) is 52.8 Å². The minimum atomic E-state index is -0.333. The largest absolute Gasteiger partial charge is 0.489 e. The average molecular weight is 442 g/mol. The van der Waals surface area contributed by atoms with Crippen molar-refractivity contribution in [1.82, 2.24) is 10.3 Å². The molecule has 1 N–H and O–H groups in total. The number of ether oxygens (including phenoxy) is 2. The minimum absolute atomic E-state index is 0.0426. The van der Waals surface area contributed by atoms with Gasteiger partial charge in [0.2, 0.25) is 0 Å². The molecule has 0 unspecified atom stereocenters. The summed E-state index contributed by atoms with van der Waals surface area (Å²) in [5.74, 6) is 0.995. The molecule has 0 saturated heterocycles. The summed E-state index contributed by atoms with van der Waals surface area (Å²) in [5, 5.41) is 12.5. The zero-order valence-corrected chi connectivity index (χ0v) is 19.4. The molecule has 1 fully saturated rings. The van der Waals surface area contributed by atoms with Gasteiger partial charge in [-0.25, -0.2) is 4.98 Å². The highest BCUT2D eigenvalue weighted by molar-refractivity contribution is 6.31. The molecule has 164 valence electrons. The Balaban J connectivity index is 1.71. The van der Waals surface area contributed by atoms with Gasteiger partial charge in [0.05, 0.1) is 22.9 Å². The van der Waals surface area contributed by atoms with E-state index in [9.17, 15) is 4.79 Å². The van der Waals surface area contributed by atoms with Gasteiger partial charge in [0.25, 0.3) is 5.91 Å². The van der Waals surface area contributed by atoms with Gasteiger partial charge >= 0.3 is 0 Å². The van der Waals surface area contributed by atoms with Crippen LogP contribution in [0.15, 0.2) is 36.5 Å². The third-order valence-corrected chi connectivity index (χ3v) is 6.08. The predicted molar refractivity (Wildman–Crippen MR) is 119 cm³/mol. The number of halogens is 1. The highest BCUT2D eigenvalue weighted by Crippen LogP contribution is 2.55. The van der Waals surface area contributed by atoms with E-state index < -0.39 is 0 Å². The molecule has 7 heteroatoms. The second kappa shape index (κ2) is 8.39. The molecule has 1 heterocycles. The molecule has 3 rings (SSSR count). The summed E-state index contributed by atoms with van der Waals surface area (Å²) >= 11 is 6.15. The van der Waals surface area contributed by atoms with E-state index >= 15 is 0 Å². The first kappa shape index (κ1) is 22.9. The van der Waals surface area contributed by atoms with Gasteiger partial charge in [-0.3, -0.25) is 4.79 Å². The SMILES string of the molecule is CC(C)Oc1ccc(C(=O)N[C@H]2C(C)(C)[C@H](Oc3ccc(C#N)c(Cl)c3)C2(C)C)nc1. The van der Waals surface area contributed by atoms with Crippen molar-refractivity contribution in [2.75, 3.05) is 0 Å². The molecule has 0 spiro atoms. The minimum Gasteiger partial charge on any atom is -0.489 e. The number of nitriles is 1. The summed E-state index contributed by atoms with van der Waals surface area (Å²) in [4.78, 5) is 17.1. The topological polar surface area (TPSA) is 84.2 Å². The molecule has 6 nitrogen and oxygen atoms in total. The van der Waals surface area contributed by atoms with Crippen LogP contribution in [0.25, 0.3) is 0 Å². The van der Waals surface area contributed by atoms with Gasteiger partial charge in [-0.15, -0.1) is 0 Å². The molecule has 1 aromatic heterocycles. The number of hydrogen-bond donors (Lipinski definition) is 1. The monoisotopic (exact) mass is 441 g/mol. The van der Waals surface area contributed by atoms with Crippen molar-refractivity contribution in [2.45, 2.75) is 59.8 Å². The predicted octanol–water partition coefficient (Wildman–Crippen LogP) is 5.01. The summed E-state index contributed by atoms with van der Waals surface area (Å²) in [6.07, 6.45) is 1.44. The normalized spacial score (nSPS) is 21.0. The molecule has 1 aliphatic carbocycles. The first-order valence-electron chi connectivity index (χ1n) is 10.3. The first-order chi connectivity index (χ1) is 14.5. The van der Waals surface area contributed by atoms with Gasteiger partial charge < -0.3 is 14.8 Å². The third kappa shape index (κ3) is 4.47. The molecular formula is C24H28ClN3O3. The Hall–Kier alpha value is -2.78. The first-order valence-corrected chi connectivity index (χ1v) is 10.6. The third-order valence-electron chi connectivity index (χ3n) is 5.77. The van der Waals surface area contributed by atoms with E-state index in [4.69, 9.17) is 26.3 Å². The van der Waals surface area contributed by atoms with Gasteiger partial charge in [0, 0.05) is 22.9 Å². The Kier molecular flexibility index (Phi) is 6.20. The van der Waals surface area contributed by atoms with Crippen molar-refractivity contribution < 1.29 is 14.3 Å². The molecule has 1 aliphatic rings. The highest BCUT2D eigenvalue weighted by Gasteiger charge is 2.64. The second-order valence-corrected chi connectivity index (χ2v) is 9.75. The maximum atomic E-state index is 12.8. The van der Waals surface area contributed by atoms with Gasteiger partial charge in [0.15, 0.2) is 0 Å². The summed E-state index contributed by atoms with van der Waals surface area (Å²) < 4.78 is 11.8. The Labute approximate surface area is 188 Å². The van der Waals surface area contributed by atoms with Gasteiger partial charge in [-0.2, -0.15) is 5.26 Å². The Morgan fingerprint density at radius 3 is 2.32 bits per heavy atom. The van der Waals surface area contributed by atoms with Crippen LogP contribution in [0, 0.1) is 22.2 Å². The molecule has 0 aliphatic heterocycles. The number of aromatic nitrogens is 1. The summed E-state index contributed by atoms with van der Waals surface area (Å²) in [7, 11) is 0. The number of hydrogen-bond acceptors (Lipinski definition) is 5. The Bertz CT molecular complexity index is 994. The van der Waals surface area contributed by atoms with E-state index in [0.717, 1.165) is 0 Å². The van der Waals surface area contributed by atoms with Crippen LogP contribution in [0.4, 0.5) is 0 Å². The molecule has 1 amide bonds. The quantitative estimate of drug-likeness (QED) is 0.681. The Morgan fingerprint density at radius 1 is 1.16 bits per heavy atom. The van der Waals surface area contributed by atoms with Crippen LogP contribution >= 0.6 is 11.6 Å². The van der Waals surface area contributed by atoms with E-state index in [2.05, 4.69) is 38.0 Å². The van der Waals surface area contributed by atoms with E-state index in [-0.39, 0.29) is 35.0 Å². The average Bonchev–Trinajstić information content (AvgIpc) is 2.70. The molecule has 2 aromatic rings. The molecule has 1 saturated carbocycles. The van der Waals surface area contributed by atoms with Crippen molar-refractivity contribution >= 4 is 17.5 Å². The number of benzene rings is 1. The standard InChI is InChI=1S/C24H28ClN3O3/c1-14(2)30-17-9-10-19(27-13-17)20(29)28-21-23(3,4)22(24(21,5)6)31-16-8-7-15(12-26)18(25)11-16/h7-11,13-14,21-22H,1-6H3,(H,28,29)/t21-,22-. The highest BCUT2D eigenvalue weighted by atomic mass is 35.5. The molecule has 0 atom stereocenters. The summed E-state index contributed by atoms with van der Waals surface area (Å²) in [6, 6.07) is 10.4. The lowest BCUT2D eigenvalue weighted by Crippen LogP contribution is -2.74. The van der Waals surface area contributed by atoms with E-state index in [1.807, 2.05) is 19.9 Å². The number of pyridine rings is 1. The van der Waals surface area contributed by atoms with Crippen LogP contribution in [-0.4, -0.2) is 29.1 Å². The van der Waals surface area contributed by atoms with Crippen LogP contribution in [0.5, 0.6) is 11.5 Å². The van der Waals surface area contributed by atoms with Gasteiger partial charge in [-0.05, 0) is 38.1 Å². The number of nitrogens with zero attached hydrogens (tertiary/aromatic N) is 2. The van der Waals surface area contributed by atoms with E-state index in [0.29, 0.717) is 27.8 Å². The van der Waals surface area contributed by atoms with Crippen LogP contribution in [-0.2, 0) is 0 Å². The molecule has 31 heavy (non-hydrogen) atoms. The van der Waals surface area contributed by atoms with E-state index in [1.165, 1.54) is 0 Å². The lowest BCUT2D eigenvalue weighted by Gasteiger charge is -2.63. The Morgan fingerprint density at radius 2 is 1.81 bits per heavy atom. The molecule has 0 radical (unpaired) electrons. The van der Waals surface area contributed by atoms with E-state index in [1.54, 1.807) is 36.5 Å². The summed E-state index contributed by atoms with van der Waals surface area (Å²) in [6.45, 7) is 12.1. The fraction of sp³-hybridized carbons (Fsp3) is 0.458. The number of nitrogens with one attached hydrogen (secondary N) is 1. The number of carbonyl (C=O) groups excluding carboxylic acids is 1. The fourth-order valence-corrected chi connectivity index (χ4v) is 4.87. The smallest absolute Gasteiger partial charge is 0.270 e. The van der Waals surface area contributed by atoms with Crippen LogP contribution in [0.2, 0.25) is 5.02 Å². The maximum Gasteiger partial charge on any atom is 0.270 e. The fourth-order valence-electron chi connectivity index (χ4n) is 4.66. The van der Waals surface area contributed by atoms with Crippen molar-refractivity contribution in [3.63, 3.8) is 0 Å². The van der Waals surface area contributed by atoms with Gasteiger partial charge in [-0.1, -0.05) is 39.3 Å². The van der Waals surface area contributed by atoms with Crippen molar-refractivity contribution in [1.29, 1.82) is 5.26 Å². The molecule has 1 aromatic carbocycles. The van der Waals surface area contributed by atoms with Crippen LogP contribution in [0.3, 0.4) is 0 Å².